The Balaban J connectivity index is 1.34. The first kappa shape index (κ1) is 26.7. The highest BCUT2D eigenvalue weighted by atomic mass is 79.9. The van der Waals surface area contributed by atoms with Crippen LogP contribution < -0.4 is 5.32 Å². The molecule has 10 nitrogen and oxygen atoms in total. The fraction of sp³-hybridized carbons (Fsp3) is 0.0833. The third-order valence-corrected chi connectivity index (χ3v) is 10.5. The Morgan fingerprint density at radius 3 is 2.24 bits per heavy atom. The number of benzene rings is 3. The summed E-state index contributed by atoms with van der Waals surface area (Å²) in [6.07, 6.45) is -0.156. The van der Waals surface area contributed by atoms with Crippen LogP contribution in [0.1, 0.15) is 27.1 Å². The van der Waals surface area contributed by atoms with Crippen molar-refractivity contribution < 1.29 is 23.7 Å². The first-order valence-corrected chi connectivity index (χ1v) is 13.9. The second-order valence-corrected chi connectivity index (χ2v) is 11.2. The number of para-hydroxylation sites is 1. The van der Waals surface area contributed by atoms with Gasteiger partial charge in [-0.1, -0.05) is 12.1 Å². The molecule has 0 unspecified atom stereocenters. The molecule has 0 atom stereocenters. The van der Waals surface area contributed by atoms with E-state index in [0.29, 0.717) is 40.2 Å². The van der Waals surface area contributed by atoms with Gasteiger partial charge in [0.25, 0.3) is 17.5 Å². The molecule has 0 spiro atoms. The van der Waals surface area contributed by atoms with Gasteiger partial charge in [-0.25, -0.2) is 4.98 Å². The summed E-state index contributed by atoms with van der Waals surface area (Å²) < 4.78 is 7.79. The molecule has 1 aromatic heterocycles. The molecule has 0 radical (unpaired) electrons. The molecule has 0 saturated heterocycles. The normalized spacial score (nSPS) is 12.8. The van der Waals surface area contributed by atoms with Crippen LogP contribution in [-0.2, 0) is 4.79 Å². The van der Waals surface area contributed by atoms with Gasteiger partial charge in [0.1, 0.15) is 5.52 Å². The van der Waals surface area contributed by atoms with E-state index in [1.807, 2.05) is 0 Å². The number of carbonyl (C=O) groups excluding carboxylic acids is 3. The number of rotatable bonds is 6. The zero-order chi connectivity index (χ0) is 27.3. The summed E-state index contributed by atoms with van der Waals surface area (Å²) >= 11 is 13.5. The van der Waals surface area contributed by atoms with Crippen LogP contribution in [0.4, 0.5) is 11.4 Å². The number of imide groups is 1. The van der Waals surface area contributed by atoms with Crippen LogP contribution >= 0.6 is 63.7 Å². The maximum absolute atomic E-state index is 13.0. The Hall–Kier alpha value is -2.94. The maximum Gasteiger partial charge on any atom is 0.271 e. The average Bonchev–Trinajstić information content (AvgIpc) is 3.43. The van der Waals surface area contributed by atoms with Crippen molar-refractivity contribution in [1.82, 2.24) is 9.88 Å². The average molecular weight is 772 g/mol. The van der Waals surface area contributed by atoms with Gasteiger partial charge in [-0.15, -0.1) is 0 Å². The van der Waals surface area contributed by atoms with Gasteiger partial charge in [0.2, 0.25) is 11.8 Å². The van der Waals surface area contributed by atoms with Crippen molar-refractivity contribution in [3.05, 3.63) is 81.6 Å². The van der Waals surface area contributed by atoms with Gasteiger partial charge in [0.15, 0.2) is 5.58 Å². The molecule has 0 saturated carbocycles. The number of hydrogen-bond donors (Lipinski definition) is 1. The Morgan fingerprint density at radius 1 is 0.974 bits per heavy atom. The minimum atomic E-state index is -0.522. The lowest BCUT2D eigenvalue weighted by Crippen LogP contribution is -2.33. The minimum Gasteiger partial charge on any atom is -0.436 e. The van der Waals surface area contributed by atoms with Gasteiger partial charge in [-0.2, -0.15) is 0 Å². The molecular weight excluding hydrogens is 760 g/mol. The summed E-state index contributed by atoms with van der Waals surface area (Å²) in [5.41, 5.74) is 1.80. The first-order valence-electron chi connectivity index (χ1n) is 10.7. The van der Waals surface area contributed by atoms with Crippen molar-refractivity contribution in [2.75, 3.05) is 11.9 Å². The molecule has 0 bridgehead atoms. The maximum atomic E-state index is 13.0. The molecule has 3 amide bonds. The van der Waals surface area contributed by atoms with Gasteiger partial charge in [-0.3, -0.25) is 29.4 Å². The summed E-state index contributed by atoms with van der Waals surface area (Å²) in [6, 6.07) is 10.9. The highest BCUT2D eigenvalue weighted by Crippen LogP contribution is 2.45. The summed E-state index contributed by atoms with van der Waals surface area (Å²) in [5.74, 6) is -1.30. The number of amides is 3. The fourth-order valence-corrected chi connectivity index (χ4v) is 6.41. The Morgan fingerprint density at radius 2 is 1.61 bits per heavy atom. The number of aromatic nitrogens is 1. The number of anilines is 1. The van der Waals surface area contributed by atoms with Gasteiger partial charge >= 0.3 is 0 Å². The topological polar surface area (TPSA) is 136 Å². The second kappa shape index (κ2) is 10.3. The number of fused-ring (bicyclic) bond motifs is 2. The van der Waals surface area contributed by atoms with E-state index in [1.165, 1.54) is 18.2 Å². The molecule has 4 aromatic rings. The monoisotopic (exact) mass is 768 g/mol. The molecule has 1 aliphatic rings. The number of carbonyl (C=O) groups is 3. The van der Waals surface area contributed by atoms with Crippen LogP contribution in [0.2, 0.25) is 0 Å². The van der Waals surface area contributed by atoms with E-state index < -0.39 is 22.6 Å². The number of nitrogens with zero attached hydrogens (tertiary/aromatic N) is 3. The summed E-state index contributed by atoms with van der Waals surface area (Å²) in [5, 5.41) is 13.8. The van der Waals surface area contributed by atoms with Crippen molar-refractivity contribution in [2.24, 2.45) is 0 Å². The van der Waals surface area contributed by atoms with Gasteiger partial charge in [-0.05, 0) is 81.9 Å². The summed E-state index contributed by atoms with van der Waals surface area (Å²) in [7, 11) is 0. The highest BCUT2D eigenvalue weighted by molar-refractivity contribution is 9.15. The number of nitro groups is 1. The number of oxazole rings is 1. The van der Waals surface area contributed by atoms with Gasteiger partial charge in [0.05, 0.1) is 27.3 Å². The highest BCUT2D eigenvalue weighted by Gasteiger charge is 2.41. The molecule has 1 N–H and O–H groups in total. The quantitative estimate of drug-likeness (QED) is 0.0728. The molecular formula is C24H12Br4N4O6. The predicted octanol–water partition coefficient (Wildman–Crippen LogP) is 7.08. The zero-order valence-corrected chi connectivity index (χ0v) is 25.1. The lowest BCUT2D eigenvalue weighted by Gasteiger charge is -2.14. The molecule has 1 aliphatic heterocycles. The number of non-ortho nitro benzene ring substituents is 1. The zero-order valence-electron chi connectivity index (χ0n) is 18.8. The lowest BCUT2D eigenvalue weighted by atomic mass is 10.1. The Labute approximate surface area is 247 Å². The predicted molar refractivity (Wildman–Crippen MR) is 152 cm³/mol. The Kier molecular flexibility index (Phi) is 7.24. The van der Waals surface area contributed by atoms with E-state index in [4.69, 9.17) is 4.42 Å². The molecule has 5 rings (SSSR count). The molecule has 38 heavy (non-hydrogen) atoms. The number of nitrogens with one attached hydrogen (secondary N) is 1. The molecule has 2 heterocycles. The van der Waals surface area contributed by atoms with E-state index in [-0.39, 0.29) is 35.7 Å². The van der Waals surface area contributed by atoms with E-state index >= 15 is 0 Å². The van der Waals surface area contributed by atoms with Crippen LogP contribution in [-0.4, -0.2) is 39.1 Å². The first-order chi connectivity index (χ1) is 18.1. The number of nitro benzene ring substituents is 1. The van der Waals surface area contributed by atoms with Crippen molar-refractivity contribution in [3.8, 4) is 11.5 Å². The van der Waals surface area contributed by atoms with Crippen LogP contribution in [0.5, 0.6) is 0 Å². The lowest BCUT2D eigenvalue weighted by molar-refractivity contribution is -0.384. The number of halogens is 4. The second-order valence-electron chi connectivity index (χ2n) is 8.04. The van der Waals surface area contributed by atoms with Gasteiger partial charge < -0.3 is 9.73 Å². The van der Waals surface area contributed by atoms with Crippen molar-refractivity contribution in [1.29, 1.82) is 0 Å². The van der Waals surface area contributed by atoms with Crippen LogP contribution in [0.3, 0.4) is 0 Å². The minimum absolute atomic E-state index is 0.120. The van der Waals surface area contributed by atoms with Crippen LogP contribution in [0.25, 0.3) is 22.6 Å². The standard InChI is InChI=1S/C24H12Br4N4O6/c25-18-16-17(19(26)21(28)20(18)27)24(35)31(23(16)34)8-7-15(33)29-12-4-2-1-3-11(12)22-30-13-9-10(32(36)37)5-6-14(13)38-22/h1-6,9H,7-8H2,(H,29,33). The van der Waals surface area contributed by atoms with Crippen molar-refractivity contribution >= 4 is 104 Å². The third-order valence-electron chi connectivity index (χ3n) is 5.76. The van der Waals surface area contributed by atoms with Crippen molar-refractivity contribution in [2.45, 2.75) is 6.42 Å². The summed E-state index contributed by atoms with van der Waals surface area (Å²) in [6.45, 7) is -0.138. The summed E-state index contributed by atoms with van der Waals surface area (Å²) in [4.78, 5) is 54.8. The Bertz CT molecular complexity index is 1660. The SMILES string of the molecule is O=C(CCN1C(=O)c2c(Br)c(Br)c(Br)c(Br)c2C1=O)Nc1ccccc1-c1nc2cc([N+](=O)[O-])ccc2o1. The number of hydrogen-bond acceptors (Lipinski definition) is 7. The smallest absolute Gasteiger partial charge is 0.271 e. The third kappa shape index (κ3) is 4.59. The van der Waals surface area contributed by atoms with Crippen molar-refractivity contribution in [3.63, 3.8) is 0 Å². The fourth-order valence-electron chi connectivity index (χ4n) is 3.95. The van der Waals surface area contributed by atoms with E-state index in [9.17, 15) is 24.5 Å². The van der Waals surface area contributed by atoms with E-state index in [1.54, 1.807) is 24.3 Å². The molecule has 3 aromatic carbocycles. The molecule has 14 heteroatoms. The molecule has 0 fully saturated rings. The van der Waals surface area contributed by atoms with Gasteiger partial charge in [0, 0.05) is 43.0 Å². The molecule has 192 valence electrons. The van der Waals surface area contributed by atoms with Crippen LogP contribution in [0, 0.1) is 10.1 Å². The van der Waals surface area contributed by atoms with E-state index in [0.717, 1.165) is 4.90 Å². The van der Waals surface area contributed by atoms with Crippen LogP contribution in [0.15, 0.2) is 64.8 Å². The largest absolute Gasteiger partial charge is 0.436 e. The molecule has 0 aliphatic carbocycles. The van der Waals surface area contributed by atoms with E-state index in [2.05, 4.69) is 74.0 Å².